The van der Waals surface area contributed by atoms with E-state index < -0.39 is 11.7 Å². The molecular weight excluding hydrogens is 429 g/mol. The number of allylic oxidation sites excluding steroid dienone is 8. The van der Waals surface area contributed by atoms with E-state index >= 15 is 0 Å². The van der Waals surface area contributed by atoms with Crippen molar-refractivity contribution in [1.29, 1.82) is 0 Å². The number of fused-ring (bicyclic) bond motifs is 3. The molecule has 0 amide bonds. The summed E-state index contributed by atoms with van der Waals surface area (Å²) in [7, 11) is 1.55. The van der Waals surface area contributed by atoms with Gasteiger partial charge in [0.15, 0.2) is 0 Å². The Morgan fingerprint density at radius 3 is 2.70 bits per heavy atom. The molecule has 30 heavy (non-hydrogen) atoms. The highest BCUT2D eigenvalue weighted by Gasteiger charge is 2.38. The normalized spacial score (nSPS) is 20.5. The third-order valence-electron chi connectivity index (χ3n) is 5.10. The molecule has 8 heteroatoms. The van der Waals surface area contributed by atoms with Gasteiger partial charge in [0, 0.05) is 34.1 Å². The molecule has 4 aliphatic rings. The standard InChI is InChI=1S/C22H15F3N2OS2/c1-28-18-5-4-13(10-26-18)21-27-11-14-7-15(22(23,24)25)9-17-16(20(14)30-21)8-12-3-2-6-29-19(12)17/h2-7,9-10H,8,11H2,1H3. The Kier molecular flexibility index (Phi) is 4.78. The number of halogens is 3. The first kappa shape index (κ1) is 19.5. The maximum atomic E-state index is 13.7. The zero-order chi connectivity index (χ0) is 20.9. The van der Waals surface area contributed by atoms with Gasteiger partial charge >= 0.3 is 6.18 Å². The van der Waals surface area contributed by atoms with Crippen LogP contribution in [-0.4, -0.2) is 29.9 Å². The quantitative estimate of drug-likeness (QED) is 0.551. The molecule has 0 saturated carbocycles. The summed E-state index contributed by atoms with van der Waals surface area (Å²) in [4.78, 5) is 10.6. The van der Waals surface area contributed by atoms with Crippen LogP contribution in [0.3, 0.4) is 0 Å². The van der Waals surface area contributed by atoms with Crippen LogP contribution in [-0.2, 0) is 0 Å². The Morgan fingerprint density at radius 2 is 1.97 bits per heavy atom. The minimum absolute atomic E-state index is 0.202. The summed E-state index contributed by atoms with van der Waals surface area (Å²) in [5, 5.41) is 2.66. The van der Waals surface area contributed by atoms with Gasteiger partial charge in [-0.05, 0) is 45.9 Å². The van der Waals surface area contributed by atoms with Gasteiger partial charge in [-0.1, -0.05) is 35.7 Å². The lowest BCUT2D eigenvalue weighted by Crippen LogP contribution is -2.12. The predicted molar refractivity (Wildman–Crippen MR) is 115 cm³/mol. The van der Waals surface area contributed by atoms with E-state index in [0.717, 1.165) is 31.6 Å². The Labute approximate surface area is 179 Å². The predicted octanol–water partition coefficient (Wildman–Crippen LogP) is 6.11. The molecule has 152 valence electrons. The molecule has 0 radical (unpaired) electrons. The van der Waals surface area contributed by atoms with Crippen LogP contribution >= 0.6 is 23.5 Å². The maximum absolute atomic E-state index is 13.7. The van der Waals surface area contributed by atoms with Gasteiger partial charge in [0.1, 0.15) is 5.04 Å². The van der Waals surface area contributed by atoms with E-state index in [1.54, 1.807) is 19.4 Å². The van der Waals surface area contributed by atoms with E-state index in [1.165, 1.54) is 35.7 Å². The molecular formula is C22H15F3N2OS2. The van der Waals surface area contributed by atoms with Crippen molar-refractivity contribution in [2.24, 2.45) is 4.99 Å². The summed E-state index contributed by atoms with van der Waals surface area (Å²) in [6, 6.07) is 3.62. The Balaban J connectivity index is 1.63. The largest absolute Gasteiger partial charge is 0.481 e. The third-order valence-corrected chi connectivity index (χ3v) is 7.38. The lowest BCUT2D eigenvalue weighted by molar-refractivity contribution is -0.0882. The van der Waals surface area contributed by atoms with Gasteiger partial charge in [-0.25, -0.2) is 4.98 Å². The first-order chi connectivity index (χ1) is 14.4. The number of rotatable bonds is 2. The minimum atomic E-state index is -4.42. The molecule has 0 unspecified atom stereocenters. The molecule has 0 spiro atoms. The van der Waals surface area contributed by atoms with Gasteiger partial charge in [0.2, 0.25) is 5.88 Å². The molecule has 3 nitrogen and oxygen atoms in total. The van der Waals surface area contributed by atoms with E-state index in [0.29, 0.717) is 23.4 Å². The number of aromatic nitrogens is 1. The van der Waals surface area contributed by atoms with Gasteiger partial charge in [-0.2, -0.15) is 13.2 Å². The van der Waals surface area contributed by atoms with Crippen molar-refractivity contribution >= 4 is 28.6 Å². The van der Waals surface area contributed by atoms with Crippen LogP contribution in [0.2, 0.25) is 0 Å². The number of pyridine rings is 1. The smallest absolute Gasteiger partial charge is 0.416 e. The number of hydrogen-bond donors (Lipinski definition) is 0. The van der Waals surface area contributed by atoms with Crippen molar-refractivity contribution < 1.29 is 17.9 Å². The molecule has 2 aliphatic heterocycles. The van der Waals surface area contributed by atoms with E-state index in [9.17, 15) is 13.2 Å². The molecule has 1 aromatic rings. The highest BCUT2D eigenvalue weighted by Crippen LogP contribution is 2.52. The van der Waals surface area contributed by atoms with Crippen molar-refractivity contribution in [3.63, 3.8) is 0 Å². The number of ether oxygens (including phenoxy) is 1. The monoisotopic (exact) mass is 444 g/mol. The van der Waals surface area contributed by atoms with E-state index in [4.69, 9.17) is 4.74 Å². The zero-order valence-corrected chi connectivity index (χ0v) is 17.4. The molecule has 0 atom stereocenters. The van der Waals surface area contributed by atoms with Crippen LogP contribution in [0, 0.1) is 0 Å². The van der Waals surface area contributed by atoms with E-state index in [2.05, 4.69) is 9.98 Å². The highest BCUT2D eigenvalue weighted by atomic mass is 32.2. The Hall–Kier alpha value is -2.45. The maximum Gasteiger partial charge on any atom is 0.416 e. The molecule has 0 aromatic carbocycles. The highest BCUT2D eigenvalue weighted by molar-refractivity contribution is 8.18. The second-order valence-electron chi connectivity index (χ2n) is 6.95. The van der Waals surface area contributed by atoms with Crippen molar-refractivity contribution in [1.82, 2.24) is 4.98 Å². The molecule has 0 fully saturated rings. The summed E-state index contributed by atoms with van der Waals surface area (Å²) in [5.41, 5.74) is 3.48. The van der Waals surface area contributed by atoms with Gasteiger partial charge in [0.05, 0.1) is 19.2 Å². The summed E-state index contributed by atoms with van der Waals surface area (Å²) in [6.07, 6.45) is 4.36. The SMILES string of the molecule is COc1ccc(C2=NCC3=CC(C(F)(F)F)=CC4=C5SC=CC=C5CC4=C3S2)cn1. The summed E-state index contributed by atoms with van der Waals surface area (Å²) >= 11 is 2.90. The number of aliphatic imine (C=N–C) groups is 1. The van der Waals surface area contributed by atoms with E-state index in [-0.39, 0.29) is 6.54 Å². The van der Waals surface area contributed by atoms with Crippen LogP contribution < -0.4 is 4.74 Å². The summed E-state index contributed by atoms with van der Waals surface area (Å²) < 4.78 is 46.3. The first-order valence-electron chi connectivity index (χ1n) is 9.17. The van der Waals surface area contributed by atoms with Crippen LogP contribution in [0.1, 0.15) is 12.0 Å². The van der Waals surface area contributed by atoms with Crippen LogP contribution in [0.15, 0.2) is 90.7 Å². The van der Waals surface area contributed by atoms with Crippen LogP contribution in [0.4, 0.5) is 13.2 Å². The number of thioether (sulfide) groups is 2. The molecule has 2 aliphatic carbocycles. The summed E-state index contributed by atoms with van der Waals surface area (Å²) in [5.74, 6) is 0.500. The third kappa shape index (κ3) is 3.37. The summed E-state index contributed by atoms with van der Waals surface area (Å²) in [6.45, 7) is 0.202. The molecule has 5 rings (SSSR count). The lowest BCUT2D eigenvalue weighted by Gasteiger charge is -2.20. The minimum Gasteiger partial charge on any atom is -0.481 e. The Morgan fingerprint density at radius 1 is 1.10 bits per heavy atom. The molecule has 0 N–H and O–H groups in total. The first-order valence-corrected chi connectivity index (χ1v) is 10.9. The second kappa shape index (κ2) is 7.35. The van der Waals surface area contributed by atoms with Gasteiger partial charge in [-0.15, -0.1) is 0 Å². The molecule has 3 heterocycles. The molecule has 0 saturated heterocycles. The number of methoxy groups -OCH3 is 1. The molecule has 0 bridgehead atoms. The number of nitrogens with zero attached hydrogens (tertiary/aromatic N) is 2. The van der Waals surface area contributed by atoms with Gasteiger partial charge < -0.3 is 4.74 Å². The van der Waals surface area contributed by atoms with Crippen molar-refractivity contribution in [2.75, 3.05) is 13.7 Å². The average molecular weight is 445 g/mol. The fraction of sp³-hybridized carbons (Fsp3) is 0.182. The van der Waals surface area contributed by atoms with Gasteiger partial charge in [0.25, 0.3) is 0 Å². The second-order valence-corrected chi connectivity index (χ2v) is 8.86. The topological polar surface area (TPSA) is 34.5 Å². The fourth-order valence-electron chi connectivity index (χ4n) is 3.68. The van der Waals surface area contributed by atoms with Crippen LogP contribution in [0.5, 0.6) is 5.88 Å². The van der Waals surface area contributed by atoms with E-state index in [1.807, 2.05) is 23.6 Å². The van der Waals surface area contributed by atoms with Crippen LogP contribution in [0.25, 0.3) is 0 Å². The fourth-order valence-corrected chi connectivity index (χ4v) is 5.70. The van der Waals surface area contributed by atoms with Crippen molar-refractivity contribution in [3.8, 4) is 5.88 Å². The molecule has 1 aromatic heterocycles. The Bertz CT molecular complexity index is 1150. The lowest BCUT2D eigenvalue weighted by atomic mass is 10.1. The number of hydrogen-bond acceptors (Lipinski definition) is 5. The number of alkyl halides is 3. The average Bonchev–Trinajstić information content (AvgIpc) is 3.02. The van der Waals surface area contributed by atoms with Gasteiger partial charge in [-0.3, -0.25) is 4.99 Å². The zero-order valence-electron chi connectivity index (χ0n) is 15.8. The van der Waals surface area contributed by atoms with Crippen molar-refractivity contribution in [3.05, 3.63) is 91.3 Å². The van der Waals surface area contributed by atoms with Crippen molar-refractivity contribution in [2.45, 2.75) is 12.6 Å².